The third-order valence-electron chi connectivity index (χ3n) is 8.09. The van der Waals surface area contributed by atoms with Gasteiger partial charge in [0, 0.05) is 6.54 Å². The van der Waals surface area contributed by atoms with Gasteiger partial charge in [-0.15, -0.1) is 0 Å². The number of nitrogen functional groups attached to an aromatic ring is 1. The molecule has 46 heavy (non-hydrogen) atoms. The first kappa shape index (κ1) is 31.8. The fourth-order valence-electron chi connectivity index (χ4n) is 5.88. The summed E-state index contributed by atoms with van der Waals surface area (Å²) in [5.41, 5.74) is 13.8. The Morgan fingerprint density at radius 2 is 1.96 bits per heavy atom. The Hall–Kier alpha value is -4.16. The van der Waals surface area contributed by atoms with Crippen molar-refractivity contribution in [2.45, 2.75) is 46.1 Å². The Labute approximate surface area is 278 Å². The molecule has 0 spiro atoms. The van der Waals surface area contributed by atoms with Crippen LogP contribution in [0.25, 0.3) is 27.7 Å². The van der Waals surface area contributed by atoms with Gasteiger partial charge in [-0.1, -0.05) is 6.42 Å². The van der Waals surface area contributed by atoms with E-state index in [4.69, 9.17) is 16.1 Å². The van der Waals surface area contributed by atoms with Crippen molar-refractivity contribution >= 4 is 33.9 Å². The number of hydrogen-bond acceptors (Lipinski definition) is 6. The van der Waals surface area contributed by atoms with Gasteiger partial charge >= 0.3 is 214 Å². The van der Waals surface area contributed by atoms with E-state index in [0.717, 1.165) is 35.5 Å². The summed E-state index contributed by atoms with van der Waals surface area (Å²) in [5.74, 6) is 0.306. The molecule has 2 aromatic carbocycles. The SMILES string of the molecule is CC(C)CC(=O)NC1=CC(c2ccc(N)c(C(=N)c3nc4c(-c5cc(F)cc(CN6CCCCC6)c5)cncc4[nH]3)c2)=C[I-]C=C1. The van der Waals surface area contributed by atoms with Gasteiger partial charge in [0.2, 0.25) is 0 Å². The number of carbonyl (C=O) groups excluding carboxylic acids is 1. The van der Waals surface area contributed by atoms with Crippen molar-refractivity contribution < 1.29 is 30.4 Å². The Kier molecular flexibility index (Phi) is 9.74. The minimum absolute atomic E-state index is 0.0136. The van der Waals surface area contributed by atoms with Gasteiger partial charge in [-0.2, -0.15) is 0 Å². The van der Waals surface area contributed by atoms with Crippen molar-refractivity contribution in [1.82, 2.24) is 25.2 Å². The van der Waals surface area contributed by atoms with Crippen molar-refractivity contribution in [2.75, 3.05) is 18.8 Å². The third kappa shape index (κ3) is 7.45. The molecule has 5 N–H and O–H groups in total. The van der Waals surface area contributed by atoms with Crippen LogP contribution < -0.4 is 32.3 Å². The first-order valence-corrected chi connectivity index (χ1v) is 18.1. The normalized spacial score (nSPS) is 15.7. The van der Waals surface area contributed by atoms with Crippen LogP contribution in [0, 0.1) is 17.1 Å². The molecular weight excluding hydrogens is 692 g/mol. The number of anilines is 1. The number of nitrogens with zero attached hydrogens (tertiary/aromatic N) is 3. The Balaban J connectivity index is 1.29. The van der Waals surface area contributed by atoms with Gasteiger partial charge in [-0.05, 0) is 37.6 Å². The van der Waals surface area contributed by atoms with Crippen LogP contribution in [0.3, 0.4) is 0 Å². The van der Waals surface area contributed by atoms with Crippen molar-refractivity contribution in [3.05, 3.63) is 103 Å². The molecule has 10 heteroatoms. The molecule has 1 amide bonds. The number of allylic oxidation sites excluding steroid dienone is 3. The molecule has 0 bridgehead atoms. The first-order chi connectivity index (χ1) is 22.2. The fraction of sp³-hybridized carbons (Fsp3) is 0.278. The number of benzene rings is 2. The Morgan fingerprint density at radius 1 is 1.13 bits per heavy atom. The summed E-state index contributed by atoms with van der Waals surface area (Å²) in [6.45, 7) is 6.80. The van der Waals surface area contributed by atoms with Gasteiger partial charge in [0.05, 0.1) is 0 Å². The minimum atomic E-state index is -0.364. The molecule has 0 atom stereocenters. The number of hydrogen-bond donors (Lipinski definition) is 4. The molecule has 0 aliphatic carbocycles. The molecule has 4 aromatic rings. The van der Waals surface area contributed by atoms with Crippen molar-refractivity contribution in [3.63, 3.8) is 0 Å². The quantitative estimate of drug-likeness (QED) is 0.119. The average Bonchev–Trinajstić information content (AvgIpc) is 3.34. The number of rotatable bonds is 9. The van der Waals surface area contributed by atoms with E-state index in [9.17, 15) is 9.18 Å². The van der Waals surface area contributed by atoms with Gasteiger partial charge in [0.1, 0.15) is 5.82 Å². The number of imidazole rings is 1. The summed E-state index contributed by atoms with van der Waals surface area (Å²) >= 11 is -0.364. The summed E-state index contributed by atoms with van der Waals surface area (Å²) in [6.07, 6.45) is 11.3. The molecule has 0 unspecified atom stereocenters. The zero-order valence-electron chi connectivity index (χ0n) is 26.0. The second-order valence-electron chi connectivity index (χ2n) is 12.3. The number of nitrogens with two attached hydrogens (primary N) is 1. The zero-order chi connectivity index (χ0) is 32.2. The summed E-state index contributed by atoms with van der Waals surface area (Å²) in [5, 5.41) is 12.1. The second-order valence-corrected chi connectivity index (χ2v) is 14.3. The van der Waals surface area contributed by atoms with Gasteiger partial charge < -0.3 is 0 Å². The Morgan fingerprint density at radius 3 is 2.76 bits per heavy atom. The Bertz CT molecular complexity index is 1880. The average molecular weight is 731 g/mol. The standard InChI is InChI=1S/C36H38FIN7O/c1-22(2)12-33(46)42-28-8-9-38-18-26(16-28)24-6-7-31(39)29(17-24)34(40)36-43-32-20-41-19-30(35(32)44-36)25-13-23(14-27(37)15-25)21-45-10-4-3-5-11-45/h6-9,13-20,22,40H,3-5,10-12,21,39H2,1-2H3,(H,42,46)(H,43,44)/q-1. The fourth-order valence-corrected chi connectivity index (χ4v) is 7.61. The van der Waals surface area contributed by atoms with Gasteiger partial charge in [-0.3, -0.25) is 4.90 Å². The summed E-state index contributed by atoms with van der Waals surface area (Å²) < 4.78 is 19.2. The predicted octanol–water partition coefficient (Wildman–Crippen LogP) is 3.75. The third-order valence-corrected chi connectivity index (χ3v) is 9.90. The maximum atomic E-state index is 14.9. The van der Waals surface area contributed by atoms with E-state index in [1.165, 1.54) is 25.3 Å². The molecule has 4 heterocycles. The van der Waals surface area contributed by atoms with E-state index in [2.05, 4.69) is 28.4 Å². The summed E-state index contributed by atoms with van der Waals surface area (Å²) in [6, 6.07) is 10.8. The van der Waals surface area contributed by atoms with E-state index in [1.54, 1.807) is 24.5 Å². The van der Waals surface area contributed by atoms with Crippen LogP contribution >= 0.6 is 0 Å². The van der Waals surface area contributed by atoms with Crippen LogP contribution in [0.1, 0.15) is 62.0 Å². The number of amides is 1. The number of nitrogens with one attached hydrogen (secondary N) is 3. The monoisotopic (exact) mass is 730 g/mol. The van der Waals surface area contributed by atoms with Crippen molar-refractivity contribution in [3.8, 4) is 11.1 Å². The van der Waals surface area contributed by atoms with Crippen molar-refractivity contribution in [1.29, 1.82) is 5.41 Å². The van der Waals surface area contributed by atoms with E-state index in [-0.39, 0.29) is 44.6 Å². The maximum absolute atomic E-state index is 14.9. The van der Waals surface area contributed by atoms with E-state index in [1.807, 2.05) is 44.2 Å². The number of halogens is 2. The van der Waals surface area contributed by atoms with Crippen LogP contribution in [-0.4, -0.2) is 44.6 Å². The molecule has 1 fully saturated rings. The van der Waals surface area contributed by atoms with Crippen LogP contribution in [-0.2, 0) is 11.3 Å². The molecule has 0 saturated carbocycles. The van der Waals surface area contributed by atoms with E-state index in [0.29, 0.717) is 52.2 Å². The number of H-pyrrole nitrogens is 1. The molecule has 0 radical (unpaired) electrons. The number of aromatic nitrogens is 3. The topological polar surface area (TPSA) is 124 Å². The van der Waals surface area contributed by atoms with E-state index < -0.39 is 0 Å². The molecular formula is C36H38FIN7O-. The summed E-state index contributed by atoms with van der Waals surface area (Å²) in [4.78, 5) is 27.3. The number of piperidine rings is 1. The molecule has 2 aromatic heterocycles. The van der Waals surface area contributed by atoms with Crippen LogP contribution in [0.2, 0.25) is 0 Å². The second kappa shape index (κ2) is 14.1. The number of aromatic amines is 1. The van der Waals surface area contributed by atoms with E-state index >= 15 is 0 Å². The zero-order valence-corrected chi connectivity index (χ0v) is 28.2. The predicted molar refractivity (Wildman–Crippen MR) is 178 cm³/mol. The number of pyridine rings is 1. The number of fused-ring (bicyclic) bond motifs is 1. The van der Waals surface area contributed by atoms with Crippen LogP contribution in [0.5, 0.6) is 0 Å². The molecule has 2 aliphatic rings. The number of likely N-dealkylation sites (tertiary alicyclic amines) is 1. The molecule has 2 aliphatic heterocycles. The van der Waals surface area contributed by atoms with Crippen LogP contribution in [0.15, 0.2) is 74.8 Å². The molecule has 1 saturated heterocycles. The van der Waals surface area contributed by atoms with Crippen molar-refractivity contribution in [2.24, 2.45) is 5.92 Å². The van der Waals surface area contributed by atoms with Gasteiger partial charge in [-0.25, -0.2) is 4.39 Å². The summed E-state index contributed by atoms with van der Waals surface area (Å²) in [7, 11) is 0. The number of carbonyl (C=O) groups is 1. The van der Waals surface area contributed by atoms with Gasteiger partial charge in [0.15, 0.2) is 0 Å². The molecule has 6 rings (SSSR count). The molecule has 238 valence electrons. The first-order valence-electron chi connectivity index (χ1n) is 15.6. The van der Waals surface area contributed by atoms with Gasteiger partial charge in [0.25, 0.3) is 0 Å². The van der Waals surface area contributed by atoms with Crippen LogP contribution in [0.4, 0.5) is 10.1 Å². The molecule has 8 nitrogen and oxygen atoms in total.